The van der Waals surface area contributed by atoms with Gasteiger partial charge >= 0.3 is 5.97 Å². The number of aliphatic imine (C=N–C) groups is 1. The summed E-state index contributed by atoms with van der Waals surface area (Å²) >= 11 is 8.35. The van der Waals surface area contributed by atoms with Gasteiger partial charge in [-0.05, 0) is 107 Å². The Morgan fingerprint density at radius 1 is 0.952 bits per heavy atom. The molecule has 63 heavy (non-hydrogen) atoms. The van der Waals surface area contributed by atoms with Crippen LogP contribution in [0.3, 0.4) is 0 Å². The summed E-state index contributed by atoms with van der Waals surface area (Å²) < 4.78 is 37.0. The molecule has 0 saturated carbocycles. The van der Waals surface area contributed by atoms with Crippen molar-refractivity contribution in [3.8, 4) is 22.2 Å². The lowest BCUT2D eigenvalue weighted by atomic mass is 9.96. The van der Waals surface area contributed by atoms with E-state index >= 15 is 0 Å². The van der Waals surface area contributed by atoms with Gasteiger partial charge in [0.25, 0.3) is 15.9 Å². The third-order valence-electron chi connectivity index (χ3n) is 10.8. The molecule has 0 fully saturated rings. The fraction of sp³-hybridized carbons (Fsp3) is 0.234. The monoisotopic (exact) mass is 898 g/mol. The number of aromatic amines is 1. The number of thiophene rings is 1. The number of sulfonamides is 1. The number of halogens is 1. The second-order valence-corrected chi connectivity index (χ2v) is 19.7. The van der Waals surface area contributed by atoms with E-state index in [1.54, 1.807) is 53.9 Å². The number of ether oxygens (including phenoxy) is 1. The largest absolute Gasteiger partial charge is 0.460 e. The molecule has 4 heterocycles. The summed E-state index contributed by atoms with van der Waals surface area (Å²) in [5.74, 6) is 0.518. The van der Waals surface area contributed by atoms with Crippen molar-refractivity contribution < 1.29 is 22.7 Å². The molecule has 3 N–H and O–H groups in total. The number of benzene rings is 4. The van der Waals surface area contributed by atoms with E-state index in [1.807, 2.05) is 69.5 Å². The molecular weight excluding hydrogens is 856 g/mol. The average Bonchev–Trinajstić information content (AvgIpc) is 3.91. The second-order valence-electron chi connectivity index (χ2n) is 16.4. The van der Waals surface area contributed by atoms with Crippen LogP contribution in [0.15, 0.2) is 94.9 Å². The predicted octanol–water partition coefficient (Wildman–Crippen LogP) is 9.59. The first-order valence-corrected chi connectivity index (χ1v) is 22.7. The number of nitrogens with one attached hydrogen (secondary N) is 3. The molecule has 8 rings (SSSR count). The Morgan fingerprint density at radius 3 is 2.33 bits per heavy atom. The standard InChI is InChI=1S/C47H43ClN8O5S2/c1-25-8-19-37(43-40(25)33(22-49)24-50-43)55-63(59,60)34-16-9-29(10-17-34)23-51-45(58)35-18-15-32(20-36(35)48)30-11-13-31(14-12-30)42-41-26(2)27(3)62-46(41)56-28(4)53-54-44(56)38(52-42)21-39(57)61-47(5,6)7/h8-20,24,38,50,55H,21,23H2,1-7H3,(H,51,58)/t38-/m0/s1. The molecule has 3 aromatic heterocycles. The van der Waals surface area contributed by atoms with E-state index in [0.29, 0.717) is 39.4 Å². The smallest absolute Gasteiger partial charge is 0.308 e. The molecule has 4 aromatic carbocycles. The van der Waals surface area contributed by atoms with Crippen LogP contribution in [0, 0.1) is 39.0 Å². The number of aromatic nitrogens is 4. The zero-order chi connectivity index (χ0) is 45.0. The summed E-state index contributed by atoms with van der Waals surface area (Å²) in [7, 11) is -3.97. The molecular formula is C47H43ClN8O5S2. The van der Waals surface area contributed by atoms with E-state index in [-0.39, 0.29) is 40.3 Å². The van der Waals surface area contributed by atoms with E-state index in [2.05, 4.69) is 45.1 Å². The maximum atomic E-state index is 13.3. The number of amides is 1. The number of nitrogens with zero attached hydrogens (tertiary/aromatic N) is 5. The van der Waals surface area contributed by atoms with Crippen LogP contribution in [0.2, 0.25) is 5.02 Å². The van der Waals surface area contributed by atoms with Crippen molar-refractivity contribution in [3.05, 3.63) is 146 Å². The molecule has 0 unspecified atom stereocenters. The second kappa shape index (κ2) is 16.6. The Morgan fingerprint density at radius 2 is 1.65 bits per heavy atom. The Kier molecular flexibility index (Phi) is 11.3. The molecule has 1 amide bonds. The number of carbonyl (C=O) groups excluding carboxylic acids is 2. The number of fused-ring (bicyclic) bond motifs is 4. The van der Waals surface area contributed by atoms with Crippen LogP contribution in [-0.4, -0.2) is 51.4 Å². The molecule has 0 saturated heterocycles. The SMILES string of the molecule is Cc1sc2c(c1C)C(c1ccc(-c3ccc(C(=O)NCc4ccc(S(=O)(=O)Nc5ccc(C)c6c(C#N)c[nH]c56)cc4)c(Cl)c3)cc1)=N[C@@H](CC(=O)OC(C)(C)C)c1nnc(C)n1-2. The zero-order valence-electron chi connectivity index (χ0n) is 35.5. The van der Waals surface area contributed by atoms with Crippen molar-refractivity contribution in [2.24, 2.45) is 4.99 Å². The Hall–Kier alpha value is -6.60. The van der Waals surface area contributed by atoms with Crippen molar-refractivity contribution >= 4 is 67.1 Å². The first-order valence-electron chi connectivity index (χ1n) is 20.1. The fourth-order valence-corrected chi connectivity index (χ4v) is 10.2. The highest BCUT2D eigenvalue weighted by molar-refractivity contribution is 7.92. The number of carbonyl (C=O) groups is 2. The molecule has 1 aliphatic heterocycles. The lowest BCUT2D eigenvalue weighted by Gasteiger charge is -2.21. The highest BCUT2D eigenvalue weighted by Crippen LogP contribution is 2.40. The summed E-state index contributed by atoms with van der Waals surface area (Å²) in [6, 6.07) is 24.3. The van der Waals surface area contributed by atoms with Gasteiger partial charge in [-0.15, -0.1) is 21.5 Å². The van der Waals surface area contributed by atoms with Gasteiger partial charge in [-0.25, -0.2) is 8.42 Å². The van der Waals surface area contributed by atoms with Crippen molar-refractivity contribution in [2.75, 3.05) is 4.72 Å². The number of hydrogen-bond donors (Lipinski definition) is 3. The number of anilines is 1. The van der Waals surface area contributed by atoms with Gasteiger partial charge < -0.3 is 15.0 Å². The quantitative estimate of drug-likeness (QED) is 0.113. The Balaban J connectivity index is 0.970. The van der Waals surface area contributed by atoms with Crippen LogP contribution < -0.4 is 10.0 Å². The summed E-state index contributed by atoms with van der Waals surface area (Å²) in [6.07, 6.45) is 1.55. The van der Waals surface area contributed by atoms with Crippen molar-refractivity contribution in [3.63, 3.8) is 0 Å². The van der Waals surface area contributed by atoms with Crippen LogP contribution in [0.1, 0.15) is 93.5 Å². The van der Waals surface area contributed by atoms with Gasteiger partial charge in [-0.2, -0.15) is 5.26 Å². The molecule has 320 valence electrons. The third kappa shape index (κ3) is 8.49. The molecule has 0 aliphatic carbocycles. The van der Waals surface area contributed by atoms with Gasteiger partial charge in [0, 0.05) is 34.1 Å². The maximum absolute atomic E-state index is 13.3. The summed E-state index contributed by atoms with van der Waals surface area (Å²) in [5, 5.41) is 23.1. The molecule has 13 nitrogen and oxygen atoms in total. The van der Waals surface area contributed by atoms with E-state index in [1.165, 1.54) is 12.1 Å². The number of aryl methyl sites for hydroxylation is 3. The minimum Gasteiger partial charge on any atom is -0.460 e. The summed E-state index contributed by atoms with van der Waals surface area (Å²) in [6.45, 7) is 13.5. The van der Waals surface area contributed by atoms with Gasteiger partial charge in [0.05, 0.1) is 44.4 Å². The van der Waals surface area contributed by atoms with E-state index in [4.69, 9.17) is 21.3 Å². The minimum absolute atomic E-state index is 0.00360. The highest BCUT2D eigenvalue weighted by atomic mass is 35.5. The number of H-pyrrole nitrogens is 1. The fourth-order valence-electron chi connectivity index (χ4n) is 7.63. The van der Waals surface area contributed by atoms with E-state index in [9.17, 15) is 23.3 Å². The molecule has 1 aliphatic rings. The molecule has 7 aromatic rings. The first kappa shape index (κ1) is 43.1. The van der Waals surface area contributed by atoms with Crippen molar-refractivity contribution in [1.82, 2.24) is 25.1 Å². The maximum Gasteiger partial charge on any atom is 0.308 e. The third-order valence-corrected chi connectivity index (χ3v) is 13.7. The lowest BCUT2D eigenvalue weighted by molar-refractivity contribution is -0.155. The number of esters is 1. The van der Waals surface area contributed by atoms with Crippen LogP contribution in [0.25, 0.3) is 27.0 Å². The topological polar surface area (TPSA) is 184 Å². The first-order chi connectivity index (χ1) is 29.9. The lowest BCUT2D eigenvalue weighted by Crippen LogP contribution is -2.25. The van der Waals surface area contributed by atoms with Crippen LogP contribution in [0.4, 0.5) is 5.69 Å². The number of hydrogen-bond acceptors (Lipinski definition) is 10. The van der Waals surface area contributed by atoms with Crippen molar-refractivity contribution in [1.29, 1.82) is 5.26 Å². The summed E-state index contributed by atoms with van der Waals surface area (Å²) in [4.78, 5) is 35.9. The normalized spacial score (nSPS) is 13.7. The van der Waals surface area contributed by atoms with Crippen LogP contribution >= 0.6 is 22.9 Å². The van der Waals surface area contributed by atoms with Crippen LogP contribution in [-0.2, 0) is 26.1 Å². The van der Waals surface area contributed by atoms with Gasteiger partial charge in [-0.1, -0.05) is 60.1 Å². The van der Waals surface area contributed by atoms with Crippen LogP contribution in [0.5, 0.6) is 0 Å². The van der Waals surface area contributed by atoms with Gasteiger partial charge in [0.15, 0.2) is 5.82 Å². The van der Waals surface area contributed by atoms with Gasteiger partial charge in [0.1, 0.15) is 28.5 Å². The van der Waals surface area contributed by atoms with Crippen molar-refractivity contribution in [2.45, 2.75) is 78.0 Å². The predicted molar refractivity (Wildman–Crippen MR) is 245 cm³/mol. The molecule has 0 spiro atoms. The Labute approximate surface area is 373 Å². The van der Waals surface area contributed by atoms with E-state index < -0.39 is 21.7 Å². The number of nitriles is 1. The average molecular weight is 899 g/mol. The van der Waals surface area contributed by atoms with Gasteiger partial charge in [0.2, 0.25) is 0 Å². The highest BCUT2D eigenvalue weighted by Gasteiger charge is 2.33. The van der Waals surface area contributed by atoms with E-state index in [0.717, 1.165) is 49.0 Å². The molecule has 0 radical (unpaired) electrons. The Bertz CT molecular complexity index is 3150. The zero-order valence-corrected chi connectivity index (χ0v) is 37.9. The molecule has 1 atom stereocenters. The molecule has 16 heteroatoms. The minimum atomic E-state index is -3.97. The number of rotatable bonds is 10. The van der Waals surface area contributed by atoms with Gasteiger partial charge in [-0.3, -0.25) is 23.9 Å². The molecule has 0 bridgehead atoms. The summed E-state index contributed by atoms with van der Waals surface area (Å²) in [5.41, 5.74) is 7.77.